The lowest BCUT2D eigenvalue weighted by Gasteiger charge is -2.13. The Morgan fingerprint density at radius 3 is 2.58 bits per heavy atom. The zero-order chi connectivity index (χ0) is 18.2. The second kappa shape index (κ2) is 8.77. The van der Waals surface area contributed by atoms with Crippen LogP contribution >= 0.6 is 0 Å². The number of nitrogens with zero attached hydrogens (tertiary/aromatic N) is 4. The molecule has 0 aliphatic rings. The van der Waals surface area contributed by atoms with Gasteiger partial charge in [-0.3, -0.25) is 0 Å². The summed E-state index contributed by atoms with van der Waals surface area (Å²) in [6, 6.07) is 17.3. The molecule has 1 aromatic heterocycles. The van der Waals surface area contributed by atoms with Crippen molar-refractivity contribution in [2.45, 2.75) is 0 Å². The minimum atomic E-state index is 0.485. The molecule has 0 saturated carbocycles. The molecule has 0 atom stereocenters. The van der Waals surface area contributed by atoms with E-state index in [-0.39, 0.29) is 0 Å². The Labute approximate surface area is 153 Å². The van der Waals surface area contributed by atoms with Gasteiger partial charge in [0.15, 0.2) is 11.6 Å². The predicted octanol–water partition coefficient (Wildman–Crippen LogP) is 3.38. The van der Waals surface area contributed by atoms with Gasteiger partial charge in [0.05, 0.1) is 11.9 Å². The van der Waals surface area contributed by atoms with Crippen molar-refractivity contribution in [3.63, 3.8) is 0 Å². The summed E-state index contributed by atoms with van der Waals surface area (Å²) in [6.45, 7) is 1.63. The lowest BCUT2D eigenvalue weighted by molar-refractivity contribution is 0.425. The number of aromatic nitrogens is 3. The number of hydrogen-bond acceptors (Lipinski definition) is 7. The number of hydrogen-bond donors (Lipinski definition) is 2. The normalized spacial score (nSPS) is 10.6. The van der Waals surface area contributed by atoms with Gasteiger partial charge in [0.2, 0.25) is 5.95 Å². The minimum absolute atomic E-state index is 0.485. The average Bonchev–Trinajstić information content (AvgIpc) is 2.64. The summed E-state index contributed by atoms with van der Waals surface area (Å²) in [7, 11) is 4.03. The number of anilines is 3. The highest BCUT2D eigenvalue weighted by Gasteiger charge is 2.07. The molecule has 0 aliphatic heterocycles. The van der Waals surface area contributed by atoms with Gasteiger partial charge in [-0.2, -0.15) is 10.1 Å². The standard InChI is InChI=1S/C19H22N6O/c1-25(2)13-12-20-19-23-18(14-21-24-19)22-16-10-6-7-11-17(16)26-15-8-4-3-5-9-15/h3-11,14H,12-13H2,1-2H3,(H2,20,22,23,24). The van der Waals surface area contributed by atoms with Gasteiger partial charge < -0.3 is 20.3 Å². The molecule has 7 nitrogen and oxygen atoms in total. The van der Waals surface area contributed by atoms with Crippen molar-refractivity contribution in [3.8, 4) is 11.5 Å². The number of benzene rings is 2. The smallest absolute Gasteiger partial charge is 0.244 e. The SMILES string of the molecule is CN(C)CCNc1nncc(Nc2ccccc2Oc2ccccc2)n1. The Kier molecular flexibility index (Phi) is 5.95. The third-order valence-electron chi connectivity index (χ3n) is 3.52. The molecule has 0 amide bonds. The Bertz CT molecular complexity index is 825. The monoisotopic (exact) mass is 350 g/mol. The molecule has 0 fully saturated rings. The molecule has 1 heterocycles. The number of para-hydroxylation sites is 3. The van der Waals surface area contributed by atoms with Crippen LogP contribution in [0.3, 0.4) is 0 Å². The Morgan fingerprint density at radius 1 is 1.00 bits per heavy atom. The predicted molar refractivity (Wildman–Crippen MR) is 103 cm³/mol. The van der Waals surface area contributed by atoms with E-state index in [1.165, 1.54) is 0 Å². The number of ether oxygens (including phenoxy) is 1. The van der Waals surface area contributed by atoms with Crippen LogP contribution in [0.15, 0.2) is 60.8 Å². The van der Waals surface area contributed by atoms with Crippen LogP contribution in [0.2, 0.25) is 0 Å². The minimum Gasteiger partial charge on any atom is -0.455 e. The van der Waals surface area contributed by atoms with Crippen LogP contribution in [0.25, 0.3) is 0 Å². The van der Waals surface area contributed by atoms with E-state index in [9.17, 15) is 0 Å². The summed E-state index contributed by atoms with van der Waals surface area (Å²) in [4.78, 5) is 6.53. The van der Waals surface area contributed by atoms with Crippen LogP contribution < -0.4 is 15.4 Å². The summed E-state index contributed by atoms with van der Waals surface area (Å²) in [5, 5.41) is 14.4. The molecule has 3 rings (SSSR count). The Morgan fingerprint density at radius 2 is 1.77 bits per heavy atom. The van der Waals surface area contributed by atoms with Gasteiger partial charge in [0, 0.05) is 13.1 Å². The molecule has 7 heteroatoms. The van der Waals surface area contributed by atoms with Gasteiger partial charge in [-0.05, 0) is 38.4 Å². The first-order valence-electron chi connectivity index (χ1n) is 8.38. The zero-order valence-electron chi connectivity index (χ0n) is 14.9. The molecule has 2 N–H and O–H groups in total. The molecule has 0 radical (unpaired) electrons. The lowest BCUT2D eigenvalue weighted by atomic mass is 10.3. The molecule has 0 spiro atoms. The second-order valence-electron chi connectivity index (χ2n) is 5.93. The van der Waals surface area contributed by atoms with E-state index in [0.717, 1.165) is 24.5 Å². The molecular formula is C19H22N6O. The largest absolute Gasteiger partial charge is 0.455 e. The first-order chi connectivity index (χ1) is 12.7. The van der Waals surface area contributed by atoms with Gasteiger partial charge in [0.25, 0.3) is 0 Å². The third-order valence-corrected chi connectivity index (χ3v) is 3.52. The first-order valence-corrected chi connectivity index (χ1v) is 8.38. The summed E-state index contributed by atoms with van der Waals surface area (Å²) in [5.74, 6) is 2.56. The van der Waals surface area contributed by atoms with Crippen LogP contribution in [-0.2, 0) is 0 Å². The van der Waals surface area contributed by atoms with E-state index >= 15 is 0 Å². The maximum absolute atomic E-state index is 5.96. The molecule has 0 bridgehead atoms. The van der Waals surface area contributed by atoms with Crippen LogP contribution in [0.5, 0.6) is 11.5 Å². The summed E-state index contributed by atoms with van der Waals surface area (Å²) >= 11 is 0. The maximum atomic E-state index is 5.96. The molecule has 0 aliphatic carbocycles. The lowest BCUT2D eigenvalue weighted by Crippen LogP contribution is -2.21. The molecular weight excluding hydrogens is 328 g/mol. The first kappa shape index (κ1) is 17.6. The van der Waals surface area contributed by atoms with Crippen LogP contribution in [0, 0.1) is 0 Å². The van der Waals surface area contributed by atoms with Crippen molar-refractivity contribution in [1.29, 1.82) is 0 Å². The molecule has 0 unspecified atom stereocenters. The number of nitrogens with one attached hydrogen (secondary N) is 2. The number of rotatable bonds is 8. The summed E-state index contributed by atoms with van der Waals surface area (Å²) < 4.78 is 5.96. The van der Waals surface area contributed by atoms with Gasteiger partial charge in [-0.25, -0.2) is 0 Å². The molecule has 26 heavy (non-hydrogen) atoms. The fourth-order valence-electron chi connectivity index (χ4n) is 2.24. The van der Waals surface area contributed by atoms with Crippen molar-refractivity contribution >= 4 is 17.5 Å². The fraction of sp³-hybridized carbons (Fsp3) is 0.211. The van der Waals surface area contributed by atoms with Gasteiger partial charge in [0.1, 0.15) is 5.75 Å². The molecule has 0 saturated heterocycles. The number of likely N-dealkylation sites (N-methyl/N-ethyl adjacent to an activating group) is 1. The van der Waals surface area contributed by atoms with Crippen LogP contribution in [0.4, 0.5) is 17.5 Å². The van der Waals surface area contributed by atoms with E-state index in [2.05, 4.69) is 30.7 Å². The highest BCUT2D eigenvalue weighted by atomic mass is 16.5. The van der Waals surface area contributed by atoms with Crippen LogP contribution in [0.1, 0.15) is 0 Å². The second-order valence-corrected chi connectivity index (χ2v) is 5.93. The average molecular weight is 350 g/mol. The van der Waals surface area contributed by atoms with Gasteiger partial charge >= 0.3 is 0 Å². The molecule has 3 aromatic rings. The highest BCUT2D eigenvalue weighted by molar-refractivity contribution is 5.64. The van der Waals surface area contributed by atoms with Crippen molar-refractivity contribution in [1.82, 2.24) is 20.1 Å². The summed E-state index contributed by atoms with van der Waals surface area (Å²) in [5.41, 5.74) is 0.802. The highest BCUT2D eigenvalue weighted by Crippen LogP contribution is 2.30. The van der Waals surface area contributed by atoms with E-state index in [1.807, 2.05) is 68.7 Å². The van der Waals surface area contributed by atoms with E-state index in [1.54, 1.807) is 6.20 Å². The summed E-state index contributed by atoms with van der Waals surface area (Å²) in [6.07, 6.45) is 1.58. The molecule has 2 aromatic carbocycles. The topological polar surface area (TPSA) is 75.2 Å². The van der Waals surface area contributed by atoms with Crippen molar-refractivity contribution in [2.75, 3.05) is 37.8 Å². The Hall–Kier alpha value is -3.19. The van der Waals surface area contributed by atoms with Gasteiger partial charge in [-0.15, -0.1) is 5.10 Å². The van der Waals surface area contributed by atoms with E-state index < -0.39 is 0 Å². The van der Waals surface area contributed by atoms with Gasteiger partial charge in [-0.1, -0.05) is 30.3 Å². The van der Waals surface area contributed by atoms with E-state index in [4.69, 9.17) is 4.74 Å². The van der Waals surface area contributed by atoms with Crippen molar-refractivity contribution in [3.05, 3.63) is 60.8 Å². The molecule has 134 valence electrons. The Balaban J connectivity index is 1.71. The third kappa shape index (κ3) is 5.15. The zero-order valence-corrected chi connectivity index (χ0v) is 14.9. The van der Waals surface area contributed by atoms with Crippen LogP contribution in [-0.4, -0.2) is 47.3 Å². The quantitative estimate of drug-likeness (QED) is 0.645. The van der Waals surface area contributed by atoms with Crippen molar-refractivity contribution < 1.29 is 4.74 Å². The van der Waals surface area contributed by atoms with E-state index in [0.29, 0.717) is 17.5 Å². The fourth-order valence-corrected chi connectivity index (χ4v) is 2.24. The van der Waals surface area contributed by atoms with Crippen molar-refractivity contribution in [2.24, 2.45) is 0 Å². The maximum Gasteiger partial charge on any atom is 0.244 e.